The van der Waals surface area contributed by atoms with E-state index >= 15 is 0 Å². The molecule has 2 rings (SSSR count). The third-order valence-electron chi connectivity index (χ3n) is 2.86. The van der Waals surface area contributed by atoms with Gasteiger partial charge in [-0.2, -0.15) is 0 Å². The molecule has 0 aliphatic heterocycles. The summed E-state index contributed by atoms with van der Waals surface area (Å²) in [6.45, 7) is 3.34. The van der Waals surface area contributed by atoms with Crippen LogP contribution in [0.4, 0.5) is 5.82 Å². The highest BCUT2D eigenvalue weighted by molar-refractivity contribution is 5.29. The third kappa shape index (κ3) is 1.82. The molecule has 0 saturated heterocycles. The molecular weight excluding hydrogens is 164 g/mol. The summed E-state index contributed by atoms with van der Waals surface area (Å²) in [5, 5.41) is 11.2. The van der Waals surface area contributed by atoms with E-state index in [1.54, 1.807) is 4.68 Å². The van der Waals surface area contributed by atoms with Crippen LogP contribution < -0.4 is 5.32 Å². The quantitative estimate of drug-likeness (QED) is 0.765. The fourth-order valence-electron chi connectivity index (χ4n) is 1.69. The maximum Gasteiger partial charge on any atom is 0.168 e. The molecule has 0 aromatic carbocycles. The van der Waals surface area contributed by atoms with Crippen LogP contribution in [0, 0.1) is 5.41 Å². The summed E-state index contributed by atoms with van der Waals surface area (Å²) in [6.07, 6.45) is 5.95. The molecule has 1 aromatic heterocycles. The number of nitrogens with zero attached hydrogens (tertiary/aromatic N) is 3. The fraction of sp³-hybridized carbons (Fsp3) is 0.778. The fourth-order valence-corrected chi connectivity index (χ4v) is 1.69. The van der Waals surface area contributed by atoms with Gasteiger partial charge in [0.2, 0.25) is 0 Å². The summed E-state index contributed by atoms with van der Waals surface area (Å²) in [6, 6.07) is 0. The molecule has 4 heteroatoms. The second kappa shape index (κ2) is 3.01. The van der Waals surface area contributed by atoms with E-state index in [0.717, 1.165) is 12.4 Å². The Morgan fingerprint density at radius 2 is 2.38 bits per heavy atom. The predicted octanol–water partition coefficient (Wildman–Crippen LogP) is 1.42. The molecule has 0 bridgehead atoms. The van der Waals surface area contributed by atoms with Crippen LogP contribution in [0.15, 0.2) is 6.20 Å². The van der Waals surface area contributed by atoms with E-state index in [0.29, 0.717) is 5.41 Å². The molecule has 1 saturated carbocycles. The van der Waals surface area contributed by atoms with Crippen molar-refractivity contribution in [3.05, 3.63) is 6.20 Å². The number of rotatable bonds is 3. The van der Waals surface area contributed by atoms with Gasteiger partial charge >= 0.3 is 0 Å². The molecule has 1 N–H and O–H groups in total. The van der Waals surface area contributed by atoms with Gasteiger partial charge in [-0.1, -0.05) is 18.6 Å². The highest BCUT2D eigenvalue weighted by Gasteiger charge is 2.31. The molecule has 1 heterocycles. The van der Waals surface area contributed by atoms with Crippen LogP contribution in [0.3, 0.4) is 0 Å². The standard InChI is InChI=1S/C9H16N4/c1-9(4-3-5-9)7-10-8-6-13(2)12-11-8/h6,10H,3-5,7H2,1-2H3. The number of aromatic nitrogens is 3. The van der Waals surface area contributed by atoms with Gasteiger partial charge in [0, 0.05) is 13.6 Å². The van der Waals surface area contributed by atoms with Crippen LogP contribution in [0.25, 0.3) is 0 Å². The van der Waals surface area contributed by atoms with Gasteiger partial charge in [-0.3, -0.25) is 4.68 Å². The van der Waals surface area contributed by atoms with Crippen molar-refractivity contribution in [3.63, 3.8) is 0 Å². The van der Waals surface area contributed by atoms with Crippen LogP contribution >= 0.6 is 0 Å². The minimum atomic E-state index is 0.498. The van der Waals surface area contributed by atoms with E-state index in [1.165, 1.54) is 19.3 Å². The van der Waals surface area contributed by atoms with Gasteiger partial charge in [-0.05, 0) is 18.3 Å². The first-order chi connectivity index (χ1) is 6.18. The molecule has 72 valence electrons. The Morgan fingerprint density at radius 1 is 1.62 bits per heavy atom. The Hall–Kier alpha value is -1.06. The van der Waals surface area contributed by atoms with Crippen molar-refractivity contribution in [2.45, 2.75) is 26.2 Å². The minimum Gasteiger partial charge on any atom is -0.367 e. The van der Waals surface area contributed by atoms with E-state index in [9.17, 15) is 0 Å². The molecule has 1 aliphatic carbocycles. The largest absolute Gasteiger partial charge is 0.367 e. The van der Waals surface area contributed by atoms with Gasteiger partial charge < -0.3 is 5.32 Å². The average molecular weight is 180 g/mol. The van der Waals surface area contributed by atoms with Gasteiger partial charge in [0.25, 0.3) is 0 Å². The van der Waals surface area contributed by atoms with Crippen molar-refractivity contribution in [1.29, 1.82) is 0 Å². The van der Waals surface area contributed by atoms with E-state index in [4.69, 9.17) is 0 Å². The molecule has 0 amide bonds. The molecule has 0 unspecified atom stereocenters. The van der Waals surface area contributed by atoms with Crippen molar-refractivity contribution in [3.8, 4) is 0 Å². The van der Waals surface area contributed by atoms with Crippen LogP contribution in [-0.2, 0) is 7.05 Å². The Morgan fingerprint density at radius 3 is 2.85 bits per heavy atom. The lowest BCUT2D eigenvalue weighted by atomic mass is 9.70. The molecular formula is C9H16N4. The highest BCUT2D eigenvalue weighted by Crippen LogP contribution is 2.39. The number of hydrogen-bond acceptors (Lipinski definition) is 3. The topological polar surface area (TPSA) is 42.7 Å². The van der Waals surface area contributed by atoms with Gasteiger partial charge in [-0.25, -0.2) is 0 Å². The Kier molecular flexibility index (Phi) is 1.98. The van der Waals surface area contributed by atoms with Crippen molar-refractivity contribution in [1.82, 2.24) is 15.0 Å². The maximum absolute atomic E-state index is 3.98. The molecule has 1 fully saturated rings. The van der Waals surface area contributed by atoms with E-state index in [1.807, 2.05) is 13.2 Å². The van der Waals surface area contributed by atoms with E-state index < -0.39 is 0 Å². The highest BCUT2D eigenvalue weighted by atomic mass is 15.4. The molecule has 13 heavy (non-hydrogen) atoms. The molecule has 0 spiro atoms. The Labute approximate surface area is 78.3 Å². The number of hydrogen-bond donors (Lipinski definition) is 1. The predicted molar refractivity (Wildman–Crippen MR) is 51.5 cm³/mol. The summed E-state index contributed by atoms with van der Waals surface area (Å²) in [7, 11) is 1.88. The average Bonchev–Trinajstić information content (AvgIpc) is 2.44. The van der Waals surface area contributed by atoms with Crippen molar-refractivity contribution >= 4 is 5.82 Å². The van der Waals surface area contributed by atoms with Gasteiger partial charge in [-0.15, -0.1) is 5.10 Å². The first-order valence-electron chi connectivity index (χ1n) is 4.78. The zero-order chi connectivity index (χ0) is 9.31. The molecule has 1 aliphatic rings. The molecule has 4 nitrogen and oxygen atoms in total. The molecule has 1 aromatic rings. The minimum absolute atomic E-state index is 0.498. The summed E-state index contributed by atoms with van der Waals surface area (Å²) >= 11 is 0. The maximum atomic E-state index is 3.98. The summed E-state index contributed by atoms with van der Waals surface area (Å²) in [5.74, 6) is 0.885. The van der Waals surface area contributed by atoms with Crippen molar-refractivity contribution in [2.75, 3.05) is 11.9 Å². The normalized spacial score (nSPS) is 19.5. The zero-order valence-electron chi connectivity index (χ0n) is 8.25. The monoisotopic (exact) mass is 180 g/mol. The Balaban J connectivity index is 1.85. The van der Waals surface area contributed by atoms with Gasteiger partial charge in [0.05, 0.1) is 6.20 Å². The van der Waals surface area contributed by atoms with Crippen LogP contribution in [0.1, 0.15) is 26.2 Å². The van der Waals surface area contributed by atoms with E-state index in [2.05, 4.69) is 22.6 Å². The smallest absolute Gasteiger partial charge is 0.168 e. The molecule has 0 radical (unpaired) electrons. The molecule has 0 atom stereocenters. The first kappa shape index (κ1) is 8.53. The first-order valence-corrected chi connectivity index (χ1v) is 4.78. The van der Waals surface area contributed by atoms with Crippen LogP contribution in [-0.4, -0.2) is 21.5 Å². The lowest BCUT2D eigenvalue weighted by Crippen LogP contribution is -2.33. The zero-order valence-corrected chi connectivity index (χ0v) is 8.25. The van der Waals surface area contributed by atoms with E-state index in [-0.39, 0.29) is 0 Å². The second-order valence-electron chi connectivity index (χ2n) is 4.30. The van der Waals surface area contributed by atoms with Gasteiger partial charge in [0.1, 0.15) is 0 Å². The van der Waals surface area contributed by atoms with Gasteiger partial charge in [0.15, 0.2) is 5.82 Å². The number of nitrogens with one attached hydrogen (secondary N) is 1. The lowest BCUT2D eigenvalue weighted by Gasteiger charge is -2.38. The SMILES string of the molecule is Cn1cc(NCC2(C)CCC2)nn1. The van der Waals surface area contributed by atoms with Crippen LogP contribution in [0.5, 0.6) is 0 Å². The third-order valence-corrected chi connectivity index (χ3v) is 2.86. The Bertz CT molecular complexity index is 288. The van der Waals surface area contributed by atoms with Crippen molar-refractivity contribution < 1.29 is 0 Å². The summed E-state index contributed by atoms with van der Waals surface area (Å²) in [4.78, 5) is 0. The summed E-state index contributed by atoms with van der Waals surface area (Å²) in [5.41, 5.74) is 0.498. The van der Waals surface area contributed by atoms with Crippen LogP contribution in [0.2, 0.25) is 0 Å². The number of aryl methyl sites for hydroxylation is 1. The number of anilines is 1. The second-order valence-corrected chi connectivity index (χ2v) is 4.30. The van der Waals surface area contributed by atoms with Crippen molar-refractivity contribution in [2.24, 2.45) is 12.5 Å². The summed E-state index contributed by atoms with van der Waals surface area (Å²) < 4.78 is 1.71. The lowest BCUT2D eigenvalue weighted by molar-refractivity contribution is 0.180.